The molecular formula is C15H29N3O2. The molecule has 5 heteroatoms. The number of alkyl carbamates (subject to hydrolysis) is 1. The first kappa shape index (κ1) is 15.6. The molecule has 0 aromatic heterocycles. The van der Waals surface area contributed by atoms with Crippen molar-refractivity contribution in [2.75, 3.05) is 19.6 Å². The van der Waals surface area contributed by atoms with Gasteiger partial charge in [-0.05, 0) is 66.0 Å². The highest BCUT2D eigenvalue weighted by atomic mass is 16.6. The van der Waals surface area contributed by atoms with Gasteiger partial charge in [0.1, 0.15) is 5.60 Å². The van der Waals surface area contributed by atoms with E-state index in [9.17, 15) is 4.79 Å². The van der Waals surface area contributed by atoms with Gasteiger partial charge in [0, 0.05) is 12.6 Å². The molecule has 0 radical (unpaired) electrons. The van der Waals surface area contributed by atoms with E-state index in [0.29, 0.717) is 6.04 Å². The topological polar surface area (TPSA) is 62.4 Å². The average Bonchev–Trinajstić information content (AvgIpc) is 2.31. The molecule has 0 bridgehead atoms. The van der Waals surface area contributed by atoms with Crippen LogP contribution in [-0.4, -0.2) is 42.9 Å². The molecule has 2 rings (SSSR count). The molecular weight excluding hydrogens is 254 g/mol. The van der Waals surface area contributed by atoms with E-state index in [1.165, 1.54) is 19.3 Å². The number of ether oxygens (including phenoxy) is 1. The Balaban J connectivity index is 1.78. The first-order valence-corrected chi connectivity index (χ1v) is 7.84. The summed E-state index contributed by atoms with van der Waals surface area (Å²) in [7, 11) is 0. The molecule has 0 atom stereocenters. The first-order chi connectivity index (χ1) is 9.39. The van der Waals surface area contributed by atoms with Crippen molar-refractivity contribution in [1.29, 1.82) is 0 Å². The van der Waals surface area contributed by atoms with Crippen LogP contribution in [-0.2, 0) is 4.74 Å². The predicted molar refractivity (Wildman–Crippen MR) is 79.8 cm³/mol. The Morgan fingerprint density at radius 1 is 1.30 bits per heavy atom. The zero-order chi connectivity index (χ0) is 14.6. The van der Waals surface area contributed by atoms with Crippen LogP contribution in [0.3, 0.4) is 0 Å². The summed E-state index contributed by atoms with van der Waals surface area (Å²) in [5.41, 5.74) is -0.523. The summed E-state index contributed by atoms with van der Waals surface area (Å²) in [4.78, 5) is 11.9. The Bertz CT molecular complexity index is 329. The van der Waals surface area contributed by atoms with E-state index in [0.717, 1.165) is 32.5 Å². The van der Waals surface area contributed by atoms with E-state index in [1.807, 2.05) is 20.8 Å². The fraction of sp³-hybridized carbons (Fsp3) is 0.933. The summed E-state index contributed by atoms with van der Waals surface area (Å²) in [6.45, 7) is 8.72. The quantitative estimate of drug-likeness (QED) is 0.736. The number of piperidine rings is 1. The third-order valence-electron chi connectivity index (χ3n) is 4.15. The Hall–Kier alpha value is -0.810. The minimum atomic E-state index is -0.433. The third-order valence-corrected chi connectivity index (χ3v) is 4.15. The van der Waals surface area contributed by atoms with Crippen molar-refractivity contribution in [3.63, 3.8) is 0 Å². The van der Waals surface area contributed by atoms with Gasteiger partial charge in [0.05, 0.1) is 5.54 Å². The molecule has 1 aliphatic heterocycles. The maximum Gasteiger partial charge on any atom is 0.408 e. The maximum absolute atomic E-state index is 11.9. The summed E-state index contributed by atoms with van der Waals surface area (Å²) < 4.78 is 5.37. The number of amides is 1. The van der Waals surface area contributed by atoms with Gasteiger partial charge in [0.15, 0.2) is 0 Å². The van der Waals surface area contributed by atoms with E-state index < -0.39 is 5.60 Å². The van der Waals surface area contributed by atoms with E-state index >= 15 is 0 Å². The SMILES string of the molecule is CC(C)(C)OC(=O)NC1(CNC2CCNCC2)CCC1. The summed E-state index contributed by atoms with van der Waals surface area (Å²) in [6.07, 6.45) is 5.33. The van der Waals surface area contributed by atoms with Crippen molar-refractivity contribution in [2.24, 2.45) is 0 Å². The van der Waals surface area contributed by atoms with E-state index in [-0.39, 0.29) is 11.6 Å². The van der Waals surface area contributed by atoms with E-state index in [4.69, 9.17) is 4.74 Å². The van der Waals surface area contributed by atoms with Crippen LogP contribution in [0.4, 0.5) is 4.79 Å². The molecule has 0 aromatic rings. The zero-order valence-corrected chi connectivity index (χ0v) is 13.1. The molecule has 0 unspecified atom stereocenters. The average molecular weight is 283 g/mol. The summed E-state index contributed by atoms with van der Waals surface area (Å²) >= 11 is 0. The molecule has 1 heterocycles. The highest BCUT2D eigenvalue weighted by Crippen LogP contribution is 2.31. The van der Waals surface area contributed by atoms with Crippen molar-refractivity contribution in [3.8, 4) is 0 Å². The fourth-order valence-electron chi connectivity index (χ4n) is 2.84. The zero-order valence-electron chi connectivity index (χ0n) is 13.1. The lowest BCUT2D eigenvalue weighted by Crippen LogP contribution is -2.61. The number of rotatable bonds is 4. The van der Waals surface area contributed by atoms with Gasteiger partial charge in [-0.3, -0.25) is 0 Å². The first-order valence-electron chi connectivity index (χ1n) is 7.84. The van der Waals surface area contributed by atoms with Crippen LogP contribution in [0, 0.1) is 0 Å². The van der Waals surface area contributed by atoms with Crippen LogP contribution in [0.1, 0.15) is 52.9 Å². The van der Waals surface area contributed by atoms with E-state index in [1.54, 1.807) is 0 Å². The van der Waals surface area contributed by atoms with Crippen LogP contribution >= 0.6 is 0 Å². The number of carbonyl (C=O) groups is 1. The minimum absolute atomic E-state index is 0.0901. The highest BCUT2D eigenvalue weighted by Gasteiger charge is 2.39. The predicted octanol–water partition coefficient (Wildman–Crippen LogP) is 1.78. The van der Waals surface area contributed by atoms with Crippen LogP contribution in [0.2, 0.25) is 0 Å². The second-order valence-electron chi connectivity index (χ2n) is 7.17. The van der Waals surface area contributed by atoms with Crippen LogP contribution in [0.5, 0.6) is 0 Å². The smallest absolute Gasteiger partial charge is 0.408 e. The fourth-order valence-corrected chi connectivity index (χ4v) is 2.84. The van der Waals surface area contributed by atoms with Gasteiger partial charge < -0.3 is 20.7 Å². The van der Waals surface area contributed by atoms with Crippen LogP contribution in [0.25, 0.3) is 0 Å². The van der Waals surface area contributed by atoms with Crippen molar-refractivity contribution >= 4 is 6.09 Å². The highest BCUT2D eigenvalue weighted by molar-refractivity contribution is 5.69. The lowest BCUT2D eigenvalue weighted by molar-refractivity contribution is 0.0377. The molecule has 2 aliphatic rings. The molecule has 1 aliphatic carbocycles. The Labute approximate surface area is 122 Å². The standard InChI is InChI=1S/C15H29N3O2/c1-14(2,3)20-13(19)18-15(7-4-8-15)11-17-12-5-9-16-10-6-12/h12,16-17H,4-11H2,1-3H3,(H,18,19). The molecule has 5 nitrogen and oxygen atoms in total. The van der Waals surface area contributed by atoms with Gasteiger partial charge in [-0.25, -0.2) is 4.79 Å². The number of hydrogen-bond acceptors (Lipinski definition) is 4. The monoisotopic (exact) mass is 283 g/mol. The summed E-state index contributed by atoms with van der Waals surface area (Å²) in [5.74, 6) is 0. The largest absolute Gasteiger partial charge is 0.444 e. The maximum atomic E-state index is 11.9. The second kappa shape index (κ2) is 6.31. The van der Waals surface area contributed by atoms with Gasteiger partial charge in [-0.2, -0.15) is 0 Å². The molecule has 1 saturated carbocycles. The summed E-state index contributed by atoms with van der Waals surface area (Å²) in [5, 5.41) is 10.1. The lowest BCUT2D eigenvalue weighted by Gasteiger charge is -2.44. The second-order valence-corrected chi connectivity index (χ2v) is 7.17. The van der Waals surface area contributed by atoms with Gasteiger partial charge in [-0.1, -0.05) is 0 Å². The molecule has 1 saturated heterocycles. The minimum Gasteiger partial charge on any atom is -0.444 e. The van der Waals surface area contributed by atoms with Crippen LogP contribution in [0.15, 0.2) is 0 Å². The van der Waals surface area contributed by atoms with Gasteiger partial charge >= 0.3 is 6.09 Å². The van der Waals surface area contributed by atoms with Crippen molar-refractivity contribution < 1.29 is 9.53 Å². The number of carbonyl (C=O) groups excluding carboxylic acids is 1. The van der Waals surface area contributed by atoms with Crippen LogP contribution < -0.4 is 16.0 Å². The van der Waals surface area contributed by atoms with Crippen molar-refractivity contribution in [2.45, 2.75) is 70.1 Å². The van der Waals surface area contributed by atoms with E-state index in [2.05, 4.69) is 16.0 Å². The summed E-state index contributed by atoms with van der Waals surface area (Å²) in [6, 6.07) is 0.578. The molecule has 20 heavy (non-hydrogen) atoms. The Morgan fingerprint density at radius 3 is 2.45 bits per heavy atom. The lowest BCUT2D eigenvalue weighted by atomic mass is 9.76. The van der Waals surface area contributed by atoms with Crippen molar-refractivity contribution in [1.82, 2.24) is 16.0 Å². The Kier molecular flexibility index (Phi) is 4.91. The molecule has 116 valence electrons. The molecule has 0 spiro atoms. The molecule has 2 fully saturated rings. The molecule has 1 amide bonds. The number of nitrogens with one attached hydrogen (secondary N) is 3. The van der Waals surface area contributed by atoms with Gasteiger partial charge in [-0.15, -0.1) is 0 Å². The van der Waals surface area contributed by atoms with Gasteiger partial charge in [0.25, 0.3) is 0 Å². The van der Waals surface area contributed by atoms with Gasteiger partial charge in [0.2, 0.25) is 0 Å². The molecule has 3 N–H and O–H groups in total. The van der Waals surface area contributed by atoms with Crippen molar-refractivity contribution in [3.05, 3.63) is 0 Å². The number of hydrogen-bond donors (Lipinski definition) is 3. The Morgan fingerprint density at radius 2 is 1.95 bits per heavy atom. The third kappa shape index (κ3) is 4.63. The normalized spacial score (nSPS) is 22.9. The molecule has 0 aromatic carbocycles.